The van der Waals surface area contributed by atoms with Crippen LogP contribution < -0.4 is 0 Å². The summed E-state index contributed by atoms with van der Waals surface area (Å²) < 4.78 is 0. The summed E-state index contributed by atoms with van der Waals surface area (Å²) in [7, 11) is 0. The molecule has 0 radical (unpaired) electrons. The molecule has 0 unspecified atom stereocenters. The molecule has 2 amide bonds. The highest BCUT2D eigenvalue weighted by Crippen LogP contribution is 2.23. The van der Waals surface area contributed by atoms with Crippen LogP contribution in [-0.2, 0) is 4.79 Å². The second-order valence-corrected chi connectivity index (χ2v) is 6.67. The third kappa shape index (κ3) is 3.79. The van der Waals surface area contributed by atoms with Crippen LogP contribution in [0, 0.1) is 5.92 Å². The first-order valence-corrected chi connectivity index (χ1v) is 9.31. The van der Waals surface area contributed by atoms with Crippen molar-refractivity contribution in [2.45, 2.75) is 26.7 Å². The Morgan fingerprint density at radius 3 is 2.77 bits per heavy atom. The molecule has 2 heterocycles. The molecule has 1 aromatic carbocycles. The Hall–Kier alpha value is -2.63. The van der Waals surface area contributed by atoms with E-state index in [9.17, 15) is 9.59 Å². The number of hydrogen-bond acceptors (Lipinski definition) is 3. The highest BCUT2D eigenvalue weighted by atomic mass is 16.2. The van der Waals surface area contributed by atoms with Gasteiger partial charge in [0.1, 0.15) is 0 Å². The zero-order valence-electron chi connectivity index (χ0n) is 15.4. The van der Waals surface area contributed by atoms with Crippen molar-refractivity contribution >= 4 is 11.8 Å². The zero-order valence-corrected chi connectivity index (χ0v) is 15.4. The Morgan fingerprint density at radius 2 is 2.08 bits per heavy atom. The largest absolute Gasteiger partial charge is 0.343 e. The van der Waals surface area contributed by atoms with Crippen molar-refractivity contribution in [2.24, 2.45) is 5.92 Å². The second kappa shape index (κ2) is 8.17. The maximum atomic E-state index is 13.0. The Kier molecular flexibility index (Phi) is 5.71. The number of H-pyrrole nitrogens is 1. The summed E-state index contributed by atoms with van der Waals surface area (Å²) in [5.41, 5.74) is 2.56. The number of nitrogens with zero attached hydrogens (tertiary/aromatic N) is 3. The van der Waals surface area contributed by atoms with Gasteiger partial charge in [0.2, 0.25) is 5.91 Å². The summed E-state index contributed by atoms with van der Waals surface area (Å²) in [6.45, 7) is 6.63. The average molecular weight is 354 g/mol. The standard InChI is InChI=1S/C20H26N4O2/c1-3-23(4-2)20(26)17-9-6-10-24(14-17)19(25)16-8-5-7-15(11-16)18-12-21-22-13-18/h5,7-8,11-13,17H,3-4,6,9-10,14H2,1-2H3,(H,21,22)/t17-/m0/s1. The third-order valence-corrected chi connectivity index (χ3v) is 5.07. The van der Waals surface area contributed by atoms with E-state index in [1.807, 2.05) is 54.1 Å². The molecule has 1 aliphatic rings. The molecular formula is C20H26N4O2. The van der Waals surface area contributed by atoms with Gasteiger partial charge in [0, 0.05) is 43.5 Å². The normalized spacial score (nSPS) is 17.2. The van der Waals surface area contributed by atoms with Crippen molar-refractivity contribution in [3.8, 4) is 11.1 Å². The molecule has 6 heteroatoms. The van der Waals surface area contributed by atoms with Gasteiger partial charge in [0.25, 0.3) is 5.91 Å². The number of hydrogen-bond donors (Lipinski definition) is 1. The molecule has 0 saturated carbocycles. The van der Waals surface area contributed by atoms with Crippen LogP contribution in [-0.4, -0.2) is 58.0 Å². The number of rotatable bonds is 5. The van der Waals surface area contributed by atoms with Crippen LogP contribution in [0.25, 0.3) is 11.1 Å². The SMILES string of the molecule is CCN(CC)C(=O)[C@H]1CCCN(C(=O)c2cccc(-c3cn[nH]c3)c2)C1. The quantitative estimate of drug-likeness (QED) is 0.898. The smallest absolute Gasteiger partial charge is 0.253 e. The Balaban J connectivity index is 1.73. The number of nitrogens with one attached hydrogen (secondary N) is 1. The number of carbonyl (C=O) groups is 2. The lowest BCUT2D eigenvalue weighted by Crippen LogP contribution is -2.46. The number of amides is 2. The number of benzene rings is 1. The Morgan fingerprint density at radius 1 is 1.27 bits per heavy atom. The van der Waals surface area contributed by atoms with Crippen molar-refractivity contribution in [1.29, 1.82) is 0 Å². The fourth-order valence-electron chi connectivity index (χ4n) is 3.58. The molecule has 3 rings (SSSR count). The van der Waals surface area contributed by atoms with Gasteiger partial charge in [-0.15, -0.1) is 0 Å². The van der Waals surface area contributed by atoms with Gasteiger partial charge < -0.3 is 9.80 Å². The first kappa shape index (κ1) is 18.2. The van der Waals surface area contributed by atoms with Gasteiger partial charge in [0.15, 0.2) is 0 Å². The molecular weight excluding hydrogens is 328 g/mol. The molecule has 138 valence electrons. The van der Waals surface area contributed by atoms with E-state index < -0.39 is 0 Å². The maximum Gasteiger partial charge on any atom is 0.253 e. The average Bonchev–Trinajstić information content (AvgIpc) is 3.23. The predicted molar refractivity (Wildman–Crippen MR) is 101 cm³/mol. The Labute approximate surface area is 154 Å². The van der Waals surface area contributed by atoms with E-state index in [2.05, 4.69) is 10.2 Å². The molecule has 1 aliphatic heterocycles. The van der Waals surface area contributed by atoms with Gasteiger partial charge in [-0.1, -0.05) is 12.1 Å². The van der Waals surface area contributed by atoms with Crippen LogP contribution in [0.3, 0.4) is 0 Å². The number of likely N-dealkylation sites (tertiary alicyclic amines) is 1. The summed E-state index contributed by atoms with van der Waals surface area (Å²) in [5.74, 6) is 0.0664. The van der Waals surface area contributed by atoms with Crippen LogP contribution >= 0.6 is 0 Å². The van der Waals surface area contributed by atoms with Crippen LogP contribution in [0.1, 0.15) is 37.0 Å². The number of aromatic amines is 1. The fourth-order valence-corrected chi connectivity index (χ4v) is 3.58. The molecule has 0 spiro atoms. The van der Waals surface area contributed by atoms with Crippen molar-refractivity contribution in [1.82, 2.24) is 20.0 Å². The van der Waals surface area contributed by atoms with Crippen LogP contribution in [0.5, 0.6) is 0 Å². The minimum atomic E-state index is -0.0929. The van der Waals surface area contributed by atoms with Gasteiger partial charge in [-0.2, -0.15) is 5.10 Å². The minimum Gasteiger partial charge on any atom is -0.343 e. The topological polar surface area (TPSA) is 69.3 Å². The lowest BCUT2D eigenvalue weighted by Gasteiger charge is -2.34. The first-order valence-electron chi connectivity index (χ1n) is 9.31. The van der Waals surface area contributed by atoms with Crippen LogP contribution in [0.2, 0.25) is 0 Å². The molecule has 1 aromatic heterocycles. The second-order valence-electron chi connectivity index (χ2n) is 6.67. The molecule has 1 N–H and O–H groups in total. The van der Waals surface area contributed by atoms with E-state index in [-0.39, 0.29) is 17.7 Å². The van der Waals surface area contributed by atoms with Crippen molar-refractivity contribution in [3.05, 3.63) is 42.2 Å². The first-order chi connectivity index (χ1) is 12.6. The van der Waals surface area contributed by atoms with E-state index in [0.717, 1.165) is 24.0 Å². The maximum absolute atomic E-state index is 13.0. The third-order valence-electron chi connectivity index (χ3n) is 5.07. The monoisotopic (exact) mass is 354 g/mol. The lowest BCUT2D eigenvalue weighted by molar-refractivity contribution is -0.136. The van der Waals surface area contributed by atoms with Crippen LogP contribution in [0.15, 0.2) is 36.7 Å². The van der Waals surface area contributed by atoms with E-state index in [4.69, 9.17) is 0 Å². The van der Waals surface area contributed by atoms with Crippen molar-refractivity contribution in [3.63, 3.8) is 0 Å². The van der Waals surface area contributed by atoms with Gasteiger partial charge in [0.05, 0.1) is 12.1 Å². The molecule has 6 nitrogen and oxygen atoms in total. The molecule has 26 heavy (non-hydrogen) atoms. The zero-order chi connectivity index (χ0) is 18.5. The molecule has 1 saturated heterocycles. The summed E-state index contributed by atoms with van der Waals surface area (Å²) in [5, 5.41) is 6.76. The van der Waals surface area contributed by atoms with Gasteiger partial charge in [-0.25, -0.2) is 0 Å². The molecule has 0 bridgehead atoms. The van der Waals surface area contributed by atoms with E-state index >= 15 is 0 Å². The van der Waals surface area contributed by atoms with Gasteiger partial charge in [-0.3, -0.25) is 14.7 Å². The molecule has 1 atom stereocenters. The number of piperidine rings is 1. The highest BCUT2D eigenvalue weighted by Gasteiger charge is 2.30. The Bertz CT molecular complexity index is 753. The molecule has 0 aliphatic carbocycles. The van der Waals surface area contributed by atoms with Gasteiger partial charge in [-0.05, 0) is 44.4 Å². The minimum absolute atomic E-state index is 0.00704. The highest BCUT2D eigenvalue weighted by molar-refractivity contribution is 5.96. The summed E-state index contributed by atoms with van der Waals surface area (Å²) >= 11 is 0. The predicted octanol–water partition coefficient (Wildman–Crippen LogP) is 2.80. The lowest BCUT2D eigenvalue weighted by atomic mass is 9.95. The van der Waals surface area contributed by atoms with E-state index in [1.54, 1.807) is 6.20 Å². The summed E-state index contributed by atoms with van der Waals surface area (Å²) in [4.78, 5) is 29.3. The summed E-state index contributed by atoms with van der Waals surface area (Å²) in [6.07, 6.45) is 5.27. The van der Waals surface area contributed by atoms with Crippen molar-refractivity contribution in [2.75, 3.05) is 26.2 Å². The van der Waals surface area contributed by atoms with Gasteiger partial charge >= 0.3 is 0 Å². The van der Waals surface area contributed by atoms with Crippen molar-refractivity contribution < 1.29 is 9.59 Å². The fraction of sp³-hybridized carbons (Fsp3) is 0.450. The molecule has 1 fully saturated rings. The van der Waals surface area contributed by atoms with Crippen LogP contribution in [0.4, 0.5) is 0 Å². The molecule has 2 aromatic rings. The van der Waals surface area contributed by atoms with E-state index in [0.29, 0.717) is 31.7 Å². The number of carbonyl (C=O) groups excluding carboxylic acids is 2. The van der Waals surface area contributed by atoms with E-state index in [1.165, 1.54) is 0 Å². The number of aromatic nitrogens is 2. The summed E-state index contributed by atoms with van der Waals surface area (Å²) in [6, 6.07) is 7.58.